The Hall–Kier alpha value is -1.35. The molecule has 0 radical (unpaired) electrons. The number of hydrogen-bond donors (Lipinski definition) is 1. The standard InChI is InChI=1S/C16H22N2O/c1-12-9-17-10-15(12)16(19)18-8-7-14(11-18)13-5-3-2-4-6-13/h2-6,12,14-15,17H,7-11H2,1H3/t12-,14?,15-/m1/s1. The summed E-state index contributed by atoms with van der Waals surface area (Å²) in [5, 5.41) is 3.32. The lowest BCUT2D eigenvalue weighted by Crippen LogP contribution is -2.37. The first-order valence-corrected chi connectivity index (χ1v) is 7.30. The number of rotatable bonds is 2. The van der Waals surface area contributed by atoms with E-state index in [0.717, 1.165) is 32.6 Å². The largest absolute Gasteiger partial charge is 0.342 e. The maximum atomic E-state index is 12.5. The molecule has 2 aliphatic heterocycles. The minimum absolute atomic E-state index is 0.189. The van der Waals surface area contributed by atoms with Crippen molar-refractivity contribution in [2.75, 3.05) is 26.2 Å². The molecular weight excluding hydrogens is 236 g/mol. The molecule has 1 aromatic rings. The molecule has 2 aliphatic rings. The van der Waals surface area contributed by atoms with Gasteiger partial charge in [0, 0.05) is 25.6 Å². The van der Waals surface area contributed by atoms with E-state index < -0.39 is 0 Å². The molecule has 3 heteroatoms. The van der Waals surface area contributed by atoms with Gasteiger partial charge in [0.2, 0.25) is 5.91 Å². The summed E-state index contributed by atoms with van der Waals surface area (Å²) in [6, 6.07) is 10.6. The van der Waals surface area contributed by atoms with E-state index in [2.05, 4.69) is 41.4 Å². The molecule has 0 saturated carbocycles. The summed E-state index contributed by atoms with van der Waals surface area (Å²) < 4.78 is 0. The highest BCUT2D eigenvalue weighted by Gasteiger charge is 2.36. The maximum absolute atomic E-state index is 12.5. The van der Waals surface area contributed by atoms with E-state index >= 15 is 0 Å². The minimum Gasteiger partial charge on any atom is -0.342 e. The predicted molar refractivity (Wildman–Crippen MR) is 75.9 cm³/mol. The van der Waals surface area contributed by atoms with Crippen LogP contribution >= 0.6 is 0 Å². The number of carbonyl (C=O) groups is 1. The number of nitrogens with zero attached hydrogens (tertiary/aromatic N) is 1. The zero-order valence-electron chi connectivity index (χ0n) is 11.5. The summed E-state index contributed by atoms with van der Waals surface area (Å²) in [4.78, 5) is 14.6. The average molecular weight is 258 g/mol. The molecule has 3 nitrogen and oxygen atoms in total. The van der Waals surface area contributed by atoms with Crippen molar-refractivity contribution in [3.8, 4) is 0 Å². The van der Waals surface area contributed by atoms with Crippen LogP contribution in [0.2, 0.25) is 0 Å². The topological polar surface area (TPSA) is 32.3 Å². The Morgan fingerprint density at radius 3 is 2.74 bits per heavy atom. The lowest BCUT2D eigenvalue weighted by molar-refractivity contribution is -0.134. The monoisotopic (exact) mass is 258 g/mol. The van der Waals surface area contributed by atoms with Crippen LogP contribution in [0.3, 0.4) is 0 Å². The third-order valence-electron chi connectivity index (χ3n) is 4.61. The molecule has 1 aromatic carbocycles. The lowest BCUT2D eigenvalue weighted by atomic mass is 9.96. The predicted octanol–water partition coefficient (Wildman–Crippen LogP) is 1.86. The van der Waals surface area contributed by atoms with Gasteiger partial charge in [0.1, 0.15) is 0 Å². The Balaban J connectivity index is 1.64. The smallest absolute Gasteiger partial charge is 0.227 e. The number of benzene rings is 1. The summed E-state index contributed by atoms with van der Waals surface area (Å²) in [5.74, 6) is 1.54. The molecule has 1 amide bonds. The Labute approximate surface area is 115 Å². The quantitative estimate of drug-likeness (QED) is 0.878. The normalized spacial score (nSPS) is 30.8. The molecule has 102 valence electrons. The first-order valence-electron chi connectivity index (χ1n) is 7.30. The first kappa shape index (κ1) is 12.7. The van der Waals surface area contributed by atoms with Crippen LogP contribution in [-0.4, -0.2) is 37.0 Å². The molecule has 1 N–H and O–H groups in total. The SMILES string of the molecule is C[C@@H]1CNC[C@H]1C(=O)N1CCC(c2ccccc2)C1. The molecule has 2 fully saturated rings. The van der Waals surface area contributed by atoms with Crippen LogP contribution in [0.25, 0.3) is 0 Å². The van der Waals surface area contributed by atoms with Crippen LogP contribution in [0.1, 0.15) is 24.8 Å². The van der Waals surface area contributed by atoms with E-state index in [0.29, 0.717) is 17.7 Å². The van der Waals surface area contributed by atoms with Gasteiger partial charge in [0.05, 0.1) is 5.92 Å². The molecular formula is C16H22N2O. The Morgan fingerprint density at radius 1 is 1.26 bits per heavy atom. The molecule has 0 aliphatic carbocycles. The van der Waals surface area contributed by atoms with Gasteiger partial charge < -0.3 is 10.2 Å². The van der Waals surface area contributed by atoms with Crippen molar-refractivity contribution in [3.05, 3.63) is 35.9 Å². The molecule has 3 atom stereocenters. The van der Waals surface area contributed by atoms with E-state index in [1.165, 1.54) is 5.56 Å². The van der Waals surface area contributed by atoms with Crippen molar-refractivity contribution in [2.24, 2.45) is 11.8 Å². The van der Waals surface area contributed by atoms with Gasteiger partial charge in [-0.1, -0.05) is 37.3 Å². The fourth-order valence-corrected chi connectivity index (χ4v) is 3.33. The van der Waals surface area contributed by atoms with Gasteiger partial charge in [-0.15, -0.1) is 0 Å². The summed E-state index contributed by atoms with van der Waals surface area (Å²) in [7, 11) is 0. The zero-order valence-corrected chi connectivity index (χ0v) is 11.5. The van der Waals surface area contributed by atoms with E-state index in [9.17, 15) is 4.79 Å². The zero-order chi connectivity index (χ0) is 13.2. The van der Waals surface area contributed by atoms with Gasteiger partial charge in [0.15, 0.2) is 0 Å². The van der Waals surface area contributed by atoms with Gasteiger partial charge in [-0.25, -0.2) is 0 Å². The number of likely N-dealkylation sites (tertiary alicyclic amines) is 1. The average Bonchev–Trinajstić information content (AvgIpc) is 3.08. The van der Waals surface area contributed by atoms with E-state index in [4.69, 9.17) is 0 Å². The summed E-state index contributed by atoms with van der Waals surface area (Å²) in [6.07, 6.45) is 1.10. The minimum atomic E-state index is 0.189. The van der Waals surface area contributed by atoms with E-state index in [1.54, 1.807) is 0 Å². The highest BCUT2D eigenvalue weighted by atomic mass is 16.2. The van der Waals surface area contributed by atoms with Gasteiger partial charge >= 0.3 is 0 Å². The number of nitrogens with one attached hydrogen (secondary N) is 1. The van der Waals surface area contributed by atoms with Crippen molar-refractivity contribution >= 4 is 5.91 Å². The van der Waals surface area contributed by atoms with Crippen LogP contribution in [0.5, 0.6) is 0 Å². The maximum Gasteiger partial charge on any atom is 0.227 e. The summed E-state index contributed by atoms with van der Waals surface area (Å²) >= 11 is 0. The van der Waals surface area contributed by atoms with Crippen molar-refractivity contribution in [1.82, 2.24) is 10.2 Å². The Bertz CT molecular complexity index is 445. The molecule has 0 bridgehead atoms. The third-order valence-corrected chi connectivity index (χ3v) is 4.61. The molecule has 0 aromatic heterocycles. The number of amides is 1. The molecule has 3 rings (SSSR count). The summed E-state index contributed by atoms with van der Waals surface area (Å²) in [6.45, 7) is 5.82. The van der Waals surface area contributed by atoms with Gasteiger partial charge in [-0.2, -0.15) is 0 Å². The highest BCUT2D eigenvalue weighted by molar-refractivity contribution is 5.80. The van der Waals surface area contributed by atoms with Crippen molar-refractivity contribution in [2.45, 2.75) is 19.3 Å². The van der Waals surface area contributed by atoms with Gasteiger partial charge in [0.25, 0.3) is 0 Å². The fraction of sp³-hybridized carbons (Fsp3) is 0.562. The molecule has 1 unspecified atom stereocenters. The molecule has 2 saturated heterocycles. The Kier molecular flexibility index (Phi) is 3.56. The fourth-order valence-electron chi connectivity index (χ4n) is 3.33. The van der Waals surface area contributed by atoms with E-state index in [1.807, 2.05) is 6.07 Å². The van der Waals surface area contributed by atoms with Crippen LogP contribution in [-0.2, 0) is 4.79 Å². The molecule has 0 spiro atoms. The van der Waals surface area contributed by atoms with Crippen molar-refractivity contribution < 1.29 is 4.79 Å². The summed E-state index contributed by atoms with van der Waals surface area (Å²) in [5.41, 5.74) is 1.37. The van der Waals surface area contributed by atoms with Crippen LogP contribution in [0, 0.1) is 11.8 Å². The van der Waals surface area contributed by atoms with Gasteiger partial charge in [-0.05, 0) is 24.4 Å². The second-order valence-corrected chi connectivity index (χ2v) is 5.92. The van der Waals surface area contributed by atoms with Crippen LogP contribution in [0.4, 0.5) is 0 Å². The molecule has 2 heterocycles. The number of carbonyl (C=O) groups excluding carboxylic acids is 1. The highest BCUT2D eigenvalue weighted by Crippen LogP contribution is 2.29. The Morgan fingerprint density at radius 2 is 2.05 bits per heavy atom. The van der Waals surface area contributed by atoms with E-state index in [-0.39, 0.29) is 5.92 Å². The second kappa shape index (κ2) is 5.33. The third kappa shape index (κ3) is 2.52. The van der Waals surface area contributed by atoms with Crippen molar-refractivity contribution in [1.29, 1.82) is 0 Å². The van der Waals surface area contributed by atoms with Crippen LogP contribution < -0.4 is 5.32 Å². The van der Waals surface area contributed by atoms with Crippen LogP contribution in [0.15, 0.2) is 30.3 Å². The first-order chi connectivity index (χ1) is 9.25. The van der Waals surface area contributed by atoms with Gasteiger partial charge in [-0.3, -0.25) is 4.79 Å². The number of hydrogen-bond acceptors (Lipinski definition) is 2. The lowest BCUT2D eigenvalue weighted by Gasteiger charge is -2.22. The van der Waals surface area contributed by atoms with Crippen molar-refractivity contribution in [3.63, 3.8) is 0 Å². The second-order valence-electron chi connectivity index (χ2n) is 5.92. The molecule has 19 heavy (non-hydrogen) atoms.